The molecule has 0 aliphatic rings. The topological polar surface area (TPSA) is 62.1 Å². The van der Waals surface area contributed by atoms with Gasteiger partial charge in [-0.05, 0) is 81.1 Å². The van der Waals surface area contributed by atoms with Gasteiger partial charge in [-0.2, -0.15) is 5.26 Å². The summed E-state index contributed by atoms with van der Waals surface area (Å²) >= 11 is 6.68. The highest BCUT2D eigenvalue weighted by Crippen LogP contribution is 2.32. The fourth-order valence-corrected chi connectivity index (χ4v) is 4.22. The first-order chi connectivity index (χ1) is 16.2. The Hall–Kier alpha value is -3.55. The van der Waals surface area contributed by atoms with Crippen LogP contribution in [0.2, 0.25) is 5.02 Å². The molecule has 0 unspecified atom stereocenters. The molecule has 3 aromatic rings. The number of halogens is 1. The first-order valence-electron chi connectivity index (χ1n) is 11.2. The minimum absolute atomic E-state index is 0.0125. The number of carbonyl (C=O) groups excluding carboxylic acids is 1. The number of anilines is 1. The SMILES string of the molecule is CCOc1cc(/C=C(\C#N)C(=O)Nc2cccc(C)c2C)cc(Cl)c1Cc1cc(C)cc(C)c1. The van der Waals surface area contributed by atoms with Crippen LogP contribution in [0.5, 0.6) is 5.75 Å². The lowest BCUT2D eigenvalue weighted by Crippen LogP contribution is -2.14. The Labute approximate surface area is 206 Å². The molecule has 0 saturated carbocycles. The summed E-state index contributed by atoms with van der Waals surface area (Å²) in [5.74, 6) is 0.178. The number of rotatable bonds is 7. The summed E-state index contributed by atoms with van der Waals surface area (Å²) in [5.41, 5.74) is 7.74. The third-order valence-corrected chi connectivity index (χ3v) is 6.01. The van der Waals surface area contributed by atoms with Crippen molar-refractivity contribution in [1.29, 1.82) is 5.26 Å². The molecule has 0 heterocycles. The number of aryl methyl sites for hydroxylation is 3. The van der Waals surface area contributed by atoms with Gasteiger partial charge in [0.2, 0.25) is 0 Å². The molecule has 1 amide bonds. The van der Waals surface area contributed by atoms with Crippen molar-refractivity contribution in [2.45, 2.75) is 41.0 Å². The van der Waals surface area contributed by atoms with Gasteiger partial charge in [-0.25, -0.2) is 0 Å². The van der Waals surface area contributed by atoms with Crippen LogP contribution in [0, 0.1) is 39.0 Å². The van der Waals surface area contributed by atoms with Gasteiger partial charge in [-0.1, -0.05) is 53.1 Å². The van der Waals surface area contributed by atoms with E-state index < -0.39 is 5.91 Å². The fraction of sp³-hybridized carbons (Fsp3) is 0.241. The maximum absolute atomic E-state index is 12.8. The molecule has 4 nitrogen and oxygen atoms in total. The molecule has 5 heteroatoms. The summed E-state index contributed by atoms with van der Waals surface area (Å²) in [6.07, 6.45) is 2.16. The molecular formula is C29H29ClN2O2. The highest BCUT2D eigenvalue weighted by Gasteiger charge is 2.15. The summed E-state index contributed by atoms with van der Waals surface area (Å²) in [4.78, 5) is 12.8. The Morgan fingerprint density at radius 2 is 1.79 bits per heavy atom. The fourth-order valence-electron chi connectivity index (χ4n) is 3.94. The monoisotopic (exact) mass is 472 g/mol. The molecule has 0 aliphatic carbocycles. The number of nitriles is 1. The zero-order valence-corrected chi connectivity index (χ0v) is 21.0. The molecule has 34 heavy (non-hydrogen) atoms. The van der Waals surface area contributed by atoms with Crippen molar-refractivity contribution in [2.75, 3.05) is 11.9 Å². The average molecular weight is 473 g/mol. The zero-order valence-electron chi connectivity index (χ0n) is 20.3. The third-order valence-electron chi connectivity index (χ3n) is 5.67. The van der Waals surface area contributed by atoms with Crippen molar-refractivity contribution >= 4 is 29.3 Å². The predicted octanol–water partition coefficient (Wildman–Crippen LogP) is 7.11. The van der Waals surface area contributed by atoms with Crippen LogP contribution in [0.3, 0.4) is 0 Å². The summed E-state index contributed by atoms with van der Waals surface area (Å²) in [7, 11) is 0. The molecular weight excluding hydrogens is 444 g/mol. The van der Waals surface area contributed by atoms with Crippen molar-refractivity contribution in [3.63, 3.8) is 0 Å². The van der Waals surface area contributed by atoms with E-state index >= 15 is 0 Å². The third kappa shape index (κ3) is 6.07. The number of hydrogen-bond acceptors (Lipinski definition) is 3. The molecule has 1 N–H and O–H groups in total. The molecule has 3 aromatic carbocycles. The summed E-state index contributed by atoms with van der Waals surface area (Å²) in [6, 6.07) is 17.7. The Morgan fingerprint density at radius 3 is 2.44 bits per heavy atom. The Bertz CT molecular complexity index is 1280. The van der Waals surface area contributed by atoms with Crippen LogP contribution in [0.1, 0.15) is 45.9 Å². The highest BCUT2D eigenvalue weighted by atomic mass is 35.5. The number of benzene rings is 3. The van der Waals surface area contributed by atoms with Gasteiger partial charge >= 0.3 is 0 Å². The van der Waals surface area contributed by atoms with Crippen molar-refractivity contribution in [1.82, 2.24) is 0 Å². The van der Waals surface area contributed by atoms with E-state index in [0.717, 1.165) is 22.3 Å². The molecule has 174 valence electrons. The number of ether oxygens (including phenoxy) is 1. The lowest BCUT2D eigenvalue weighted by Gasteiger charge is -2.15. The van der Waals surface area contributed by atoms with Crippen LogP contribution in [-0.2, 0) is 11.2 Å². The molecule has 0 radical (unpaired) electrons. The Kier molecular flexibility index (Phi) is 8.15. The second-order valence-corrected chi connectivity index (χ2v) is 8.86. The summed E-state index contributed by atoms with van der Waals surface area (Å²) in [5, 5.41) is 13.0. The number of hydrogen-bond donors (Lipinski definition) is 1. The molecule has 0 bridgehead atoms. The van der Waals surface area contributed by atoms with Gasteiger partial charge in [0, 0.05) is 22.7 Å². The van der Waals surface area contributed by atoms with Gasteiger partial charge in [0.15, 0.2) is 0 Å². The van der Waals surface area contributed by atoms with Crippen LogP contribution in [0.25, 0.3) is 6.08 Å². The van der Waals surface area contributed by atoms with Crippen LogP contribution in [0.15, 0.2) is 54.1 Å². The van der Waals surface area contributed by atoms with Gasteiger partial charge in [0.25, 0.3) is 5.91 Å². The smallest absolute Gasteiger partial charge is 0.266 e. The van der Waals surface area contributed by atoms with E-state index in [2.05, 4.69) is 37.4 Å². The molecule has 0 spiro atoms. The van der Waals surface area contributed by atoms with E-state index in [1.165, 1.54) is 17.2 Å². The first kappa shape index (κ1) is 25.1. The van der Waals surface area contributed by atoms with E-state index in [0.29, 0.717) is 35.1 Å². The molecule has 3 rings (SSSR count). The maximum atomic E-state index is 12.8. The highest BCUT2D eigenvalue weighted by molar-refractivity contribution is 6.31. The Balaban J connectivity index is 1.94. The van der Waals surface area contributed by atoms with Crippen LogP contribution in [0.4, 0.5) is 5.69 Å². The molecule has 0 saturated heterocycles. The van der Waals surface area contributed by atoms with Crippen molar-refractivity contribution in [3.8, 4) is 11.8 Å². The van der Waals surface area contributed by atoms with Gasteiger partial charge in [-0.3, -0.25) is 4.79 Å². The van der Waals surface area contributed by atoms with Crippen LogP contribution in [-0.4, -0.2) is 12.5 Å². The molecule has 0 aliphatic heterocycles. The lowest BCUT2D eigenvalue weighted by molar-refractivity contribution is -0.112. The van der Waals surface area contributed by atoms with Crippen molar-refractivity contribution in [2.24, 2.45) is 0 Å². The summed E-state index contributed by atoms with van der Waals surface area (Å²) < 4.78 is 5.89. The standard InChI is InChI=1S/C29H29ClN2O2/c1-6-34-28-16-23(15-26(30)25(28)14-22-11-18(2)10-19(3)12-22)13-24(17-31)29(33)32-27-9-7-8-20(4)21(27)5/h7-13,15-16H,6,14H2,1-5H3,(H,32,33)/b24-13+. The predicted molar refractivity (Wildman–Crippen MR) is 139 cm³/mol. The lowest BCUT2D eigenvalue weighted by atomic mass is 9.98. The van der Waals surface area contributed by atoms with E-state index in [1.807, 2.05) is 51.1 Å². The van der Waals surface area contributed by atoms with E-state index in [4.69, 9.17) is 16.3 Å². The van der Waals surface area contributed by atoms with Crippen molar-refractivity contribution in [3.05, 3.63) is 98.1 Å². The molecule has 0 aromatic heterocycles. The normalized spacial score (nSPS) is 11.1. The Morgan fingerprint density at radius 1 is 1.09 bits per heavy atom. The van der Waals surface area contributed by atoms with Crippen molar-refractivity contribution < 1.29 is 9.53 Å². The van der Waals surface area contributed by atoms with E-state index in [9.17, 15) is 10.1 Å². The number of nitrogens with one attached hydrogen (secondary N) is 1. The van der Waals surface area contributed by atoms with Gasteiger partial charge in [0.1, 0.15) is 17.4 Å². The zero-order chi connectivity index (χ0) is 24.8. The largest absolute Gasteiger partial charge is 0.494 e. The minimum atomic E-state index is -0.468. The quantitative estimate of drug-likeness (QED) is 0.294. The van der Waals surface area contributed by atoms with E-state index in [1.54, 1.807) is 6.07 Å². The van der Waals surface area contributed by atoms with Crippen LogP contribution < -0.4 is 10.1 Å². The number of amides is 1. The number of carbonyl (C=O) groups is 1. The van der Waals surface area contributed by atoms with Crippen LogP contribution >= 0.6 is 11.6 Å². The minimum Gasteiger partial charge on any atom is -0.494 e. The second-order valence-electron chi connectivity index (χ2n) is 8.46. The molecule has 0 fully saturated rings. The first-order valence-corrected chi connectivity index (χ1v) is 11.6. The van der Waals surface area contributed by atoms with Gasteiger partial charge in [-0.15, -0.1) is 0 Å². The average Bonchev–Trinajstić information content (AvgIpc) is 2.77. The molecule has 0 atom stereocenters. The second kappa shape index (κ2) is 11.0. The summed E-state index contributed by atoms with van der Waals surface area (Å²) in [6.45, 7) is 10.4. The van der Waals surface area contributed by atoms with Gasteiger partial charge in [0.05, 0.1) is 6.61 Å². The number of nitrogens with zero attached hydrogens (tertiary/aromatic N) is 1. The van der Waals surface area contributed by atoms with Gasteiger partial charge < -0.3 is 10.1 Å². The maximum Gasteiger partial charge on any atom is 0.266 e. The van der Waals surface area contributed by atoms with E-state index in [-0.39, 0.29) is 5.57 Å².